The maximum absolute atomic E-state index is 12.4. The summed E-state index contributed by atoms with van der Waals surface area (Å²) in [6, 6.07) is 4.19. The second-order valence-electron chi connectivity index (χ2n) is 4.62. The van der Waals surface area contributed by atoms with Crippen molar-refractivity contribution in [2.24, 2.45) is 5.84 Å². The fraction of sp³-hybridized carbons (Fsp3) is 0.417. The Labute approximate surface area is 110 Å². The summed E-state index contributed by atoms with van der Waals surface area (Å²) in [4.78, 5) is 24.4. The number of rotatable bonds is 3. The topological polar surface area (TPSA) is 102 Å². The zero-order chi connectivity index (χ0) is 14.0. The Bertz CT molecular complexity index is 518. The lowest BCUT2D eigenvalue weighted by molar-refractivity contribution is -0.384. The van der Waals surface area contributed by atoms with E-state index in [2.05, 4.69) is 5.43 Å². The van der Waals surface area contributed by atoms with E-state index < -0.39 is 4.92 Å². The lowest BCUT2D eigenvalue weighted by Gasteiger charge is -2.22. The summed E-state index contributed by atoms with van der Waals surface area (Å²) < 4.78 is 0. The van der Waals surface area contributed by atoms with Crippen LogP contribution in [0.4, 0.5) is 11.4 Å². The van der Waals surface area contributed by atoms with E-state index in [1.54, 1.807) is 4.90 Å². The maximum atomic E-state index is 12.4. The van der Waals surface area contributed by atoms with Gasteiger partial charge in [0, 0.05) is 24.7 Å². The van der Waals surface area contributed by atoms with Gasteiger partial charge in [-0.15, -0.1) is 0 Å². The first-order chi connectivity index (χ1) is 9.04. The molecular weight excluding hydrogens is 248 g/mol. The van der Waals surface area contributed by atoms with Crippen molar-refractivity contribution in [3.05, 3.63) is 33.9 Å². The predicted octanol–water partition coefficient (Wildman–Crippen LogP) is 1.50. The van der Waals surface area contributed by atoms with Gasteiger partial charge in [-0.1, -0.05) is 0 Å². The van der Waals surface area contributed by atoms with Crippen molar-refractivity contribution in [1.82, 2.24) is 4.90 Å². The fourth-order valence-electron chi connectivity index (χ4n) is 2.34. The van der Waals surface area contributed by atoms with Crippen molar-refractivity contribution in [2.45, 2.75) is 25.8 Å². The molecule has 1 amide bonds. The molecule has 1 aromatic rings. The standard InChI is InChI=1S/C12H16N4O3/c1-8-3-2-6-15(8)12(17)10-7-9(16(18)19)4-5-11(10)14-13/h4-5,7-8,14H,2-3,6,13H2,1H3. The molecule has 0 saturated carbocycles. The molecule has 102 valence electrons. The van der Waals surface area contributed by atoms with E-state index in [1.807, 2.05) is 6.92 Å². The highest BCUT2D eigenvalue weighted by atomic mass is 16.6. The van der Waals surface area contributed by atoms with Crippen molar-refractivity contribution >= 4 is 17.3 Å². The molecule has 1 aliphatic heterocycles. The number of carbonyl (C=O) groups excluding carboxylic acids is 1. The number of benzene rings is 1. The number of anilines is 1. The largest absolute Gasteiger partial charge is 0.336 e. The number of nitro benzene ring substituents is 1. The minimum atomic E-state index is -0.523. The normalized spacial score (nSPS) is 18.4. The van der Waals surface area contributed by atoms with Gasteiger partial charge in [0.2, 0.25) is 0 Å². The molecule has 1 aliphatic rings. The van der Waals surface area contributed by atoms with E-state index in [0.29, 0.717) is 12.2 Å². The van der Waals surface area contributed by atoms with Crippen LogP contribution in [-0.2, 0) is 0 Å². The average Bonchev–Trinajstić information content (AvgIpc) is 2.83. The van der Waals surface area contributed by atoms with Gasteiger partial charge in [0.25, 0.3) is 11.6 Å². The minimum Gasteiger partial charge on any atom is -0.336 e. The lowest BCUT2D eigenvalue weighted by atomic mass is 10.1. The van der Waals surface area contributed by atoms with Crippen molar-refractivity contribution in [3.8, 4) is 0 Å². The number of non-ortho nitro benzene ring substituents is 1. The highest BCUT2D eigenvalue weighted by molar-refractivity contribution is 6.00. The number of hydrazine groups is 1. The fourth-order valence-corrected chi connectivity index (χ4v) is 2.34. The molecule has 0 aromatic heterocycles. The molecular formula is C12H16N4O3. The van der Waals surface area contributed by atoms with Crippen LogP contribution >= 0.6 is 0 Å². The van der Waals surface area contributed by atoms with E-state index in [1.165, 1.54) is 18.2 Å². The third kappa shape index (κ3) is 2.50. The number of nitrogens with zero attached hydrogens (tertiary/aromatic N) is 2. The van der Waals surface area contributed by atoms with Gasteiger partial charge < -0.3 is 10.3 Å². The summed E-state index contributed by atoms with van der Waals surface area (Å²) in [5.74, 6) is 5.14. The Morgan fingerprint density at radius 2 is 2.32 bits per heavy atom. The molecule has 1 fully saturated rings. The second kappa shape index (κ2) is 5.23. The van der Waals surface area contributed by atoms with Crippen LogP contribution in [0.3, 0.4) is 0 Å². The highest BCUT2D eigenvalue weighted by Crippen LogP contribution is 2.26. The number of amides is 1. The summed E-state index contributed by atoms with van der Waals surface area (Å²) >= 11 is 0. The number of hydrogen-bond donors (Lipinski definition) is 2. The molecule has 2 rings (SSSR count). The predicted molar refractivity (Wildman–Crippen MR) is 70.6 cm³/mol. The van der Waals surface area contributed by atoms with Gasteiger partial charge in [0.05, 0.1) is 16.2 Å². The average molecular weight is 264 g/mol. The van der Waals surface area contributed by atoms with Crippen LogP contribution in [0.15, 0.2) is 18.2 Å². The van der Waals surface area contributed by atoms with E-state index in [4.69, 9.17) is 5.84 Å². The van der Waals surface area contributed by atoms with Gasteiger partial charge >= 0.3 is 0 Å². The van der Waals surface area contributed by atoms with Gasteiger partial charge in [-0.3, -0.25) is 20.8 Å². The number of nitrogen functional groups attached to an aromatic ring is 1. The van der Waals surface area contributed by atoms with Crippen LogP contribution in [-0.4, -0.2) is 28.3 Å². The second-order valence-corrected chi connectivity index (χ2v) is 4.62. The van der Waals surface area contributed by atoms with Crippen LogP contribution in [0.2, 0.25) is 0 Å². The molecule has 1 heterocycles. The first-order valence-electron chi connectivity index (χ1n) is 6.10. The van der Waals surface area contributed by atoms with E-state index in [0.717, 1.165) is 12.8 Å². The van der Waals surface area contributed by atoms with Gasteiger partial charge in [-0.25, -0.2) is 0 Å². The van der Waals surface area contributed by atoms with Crippen molar-refractivity contribution in [3.63, 3.8) is 0 Å². The number of carbonyl (C=O) groups is 1. The number of nitrogens with one attached hydrogen (secondary N) is 1. The van der Waals surface area contributed by atoms with Gasteiger partial charge in [0.1, 0.15) is 0 Å². The molecule has 3 N–H and O–H groups in total. The van der Waals surface area contributed by atoms with Crippen molar-refractivity contribution in [1.29, 1.82) is 0 Å². The number of likely N-dealkylation sites (tertiary alicyclic amines) is 1. The number of hydrogen-bond acceptors (Lipinski definition) is 5. The van der Waals surface area contributed by atoms with Gasteiger partial charge in [-0.05, 0) is 25.8 Å². The van der Waals surface area contributed by atoms with E-state index in [9.17, 15) is 14.9 Å². The van der Waals surface area contributed by atoms with Crippen molar-refractivity contribution in [2.75, 3.05) is 12.0 Å². The summed E-state index contributed by atoms with van der Waals surface area (Å²) in [5, 5.41) is 10.8. The van der Waals surface area contributed by atoms with Crippen molar-refractivity contribution < 1.29 is 9.72 Å². The van der Waals surface area contributed by atoms with Crippen LogP contribution in [0.1, 0.15) is 30.1 Å². The zero-order valence-corrected chi connectivity index (χ0v) is 10.6. The van der Waals surface area contributed by atoms with Gasteiger partial charge in [-0.2, -0.15) is 0 Å². The van der Waals surface area contributed by atoms with Crippen LogP contribution < -0.4 is 11.3 Å². The molecule has 1 saturated heterocycles. The lowest BCUT2D eigenvalue weighted by Crippen LogP contribution is -2.34. The Hall–Kier alpha value is -2.15. The van der Waals surface area contributed by atoms with E-state index in [-0.39, 0.29) is 23.2 Å². The quantitative estimate of drug-likeness (QED) is 0.489. The third-order valence-corrected chi connectivity index (χ3v) is 3.41. The van der Waals surface area contributed by atoms with E-state index >= 15 is 0 Å². The molecule has 0 radical (unpaired) electrons. The molecule has 1 atom stereocenters. The Morgan fingerprint density at radius 1 is 1.58 bits per heavy atom. The smallest absolute Gasteiger partial charge is 0.270 e. The molecule has 7 heteroatoms. The molecule has 0 aliphatic carbocycles. The SMILES string of the molecule is CC1CCCN1C(=O)c1cc([N+](=O)[O-])ccc1NN. The molecule has 0 spiro atoms. The Morgan fingerprint density at radius 3 is 2.84 bits per heavy atom. The summed E-state index contributed by atoms with van der Waals surface area (Å²) in [6.45, 7) is 2.64. The molecule has 7 nitrogen and oxygen atoms in total. The third-order valence-electron chi connectivity index (χ3n) is 3.41. The first-order valence-corrected chi connectivity index (χ1v) is 6.10. The zero-order valence-electron chi connectivity index (χ0n) is 10.6. The maximum Gasteiger partial charge on any atom is 0.270 e. The molecule has 1 unspecified atom stereocenters. The molecule has 1 aromatic carbocycles. The van der Waals surface area contributed by atoms with Crippen LogP contribution in [0.5, 0.6) is 0 Å². The Kier molecular flexibility index (Phi) is 3.66. The van der Waals surface area contributed by atoms with Crippen LogP contribution in [0.25, 0.3) is 0 Å². The minimum absolute atomic E-state index is 0.116. The first kappa shape index (κ1) is 13.3. The molecule has 0 bridgehead atoms. The summed E-state index contributed by atoms with van der Waals surface area (Å²) in [7, 11) is 0. The summed E-state index contributed by atoms with van der Waals surface area (Å²) in [6.07, 6.45) is 1.90. The highest BCUT2D eigenvalue weighted by Gasteiger charge is 2.28. The number of nitrogens with two attached hydrogens (primary N) is 1. The van der Waals surface area contributed by atoms with Gasteiger partial charge in [0.15, 0.2) is 0 Å². The number of nitro groups is 1. The molecule has 19 heavy (non-hydrogen) atoms. The monoisotopic (exact) mass is 264 g/mol. The Balaban J connectivity index is 2.38. The summed E-state index contributed by atoms with van der Waals surface area (Å²) in [5.41, 5.74) is 2.93. The van der Waals surface area contributed by atoms with Crippen LogP contribution in [0, 0.1) is 10.1 Å².